The first-order valence-corrected chi connectivity index (χ1v) is 10.6. The summed E-state index contributed by atoms with van der Waals surface area (Å²) in [5.41, 5.74) is 0.535. The molecule has 1 unspecified atom stereocenters. The van der Waals surface area contributed by atoms with E-state index >= 15 is 0 Å². The van der Waals surface area contributed by atoms with Crippen molar-refractivity contribution >= 4 is 0 Å². The fraction of sp³-hybridized carbons (Fsp3) is 0.500. The molecule has 0 bridgehead atoms. The Labute approximate surface area is 178 Å². The Balaban J connectivity index is 1.58. The minimum Gasteiger partial charge on any atom is -0.313 e. The van der Waals surface area contributed by atoms with Crippen LogP contribution >= 0.6 is 0 Å². The molecule has 0 N–H and O–H groups in total. The van der Waals surface area contributed by atoms with Crippen LogP contribution in [-0.2, 0) is 11.3 Å². The van der Waals surface area contributed by atoms with Crippen molar-refractivity contribution in [3.63, 3.8) is 0 Å². The lowest BCUT2D eigenvalue weighted by Gasteiger charge is -2.28. The lowest BCUT2D eigenvalue weighted by atomic mass is 9.77. The summed E-state index contributed by atoms with van der Waals surface area (Å²) >= 11 is 0. The average molecular weight is 444 g/mol. The maximum Gasteiger partial charge on any atom is 0.391 e. The van der Waals surface area contributed by atoms with Gasteiger partial charge in [0.1, 0.15) is 0 Å². The largest absolute Gasteiger partial charge is 0.391 e. The van der Waals surface area contributed by atoms with Gasteiger partial charge in [0.2, 0.25) is 6.17 Å². The standard InChI is InChI=1S/C24H26F6O/c1-2-3-15-4-8-17(9-5-15)18-10-6-16(7-11-18)14-31-24(29,30)23(28)19-12-20(25)22(27)21(26)13-19/h6-7,10-13,15,17,23H,2-5,8-9,14H2,1H3. The zero-order valence-corrected chi connectivity index (χ0v) is 17.3. The molecule has 0 heterocycles. The highest BCUT2D eigenvalue weighted by molar-refractivity contribution is 5.26. The lowest BCUT2D eigenvalue weighted by Crippen LogP contribution is -2.27. The molecule has 1 saturated carbocycles. The molecule has 0 spiro atoms. The molecule has 170 valence electrons. The van der Waals surface area contributed by atoms with Gasteiger partial charge in [0.25, 0.3) is 0 Å². The summed E-state index contributed by atoms with van der Waals surface area (Å²) in [6, 6.07) is 7.47. The van der Waals surface area contributed by atoms with Crippen molar-refractivity contribution in [2.45, 2.75) is 70.3 Å². The number of rotatable bonds is 8. The molecule has 3 rings (SSSR count). The molecule has 2 aromatic carbocycles. The van der Waals surface area contributed by atoms with Crippen LogP contribution in [0.1, 0.15) is 74.2 Å². The third kappa shape index (κ3) is 5.82. The Bertz CT molecular complexity index is 836. The number of benzene rings is 2. The van der Waals surface area contributed by atoms with Crippen molar-refractivity contribution in [1.29, 1.82) is 0 Å². The smallest absolute Gasteiger partial charge is 0.313 e. The fourth-order valence-corrected chi connectivity index (χ4v) is 4.25. The lowest BCUT2D eigenvalue weighted by molar-refractivity contribution is -0.282. The number of hydrogen-bond donors (Lipinski definition) is 0. The Kier molecular flexibility index (Phi) is 7.68. The van der Waals surface area contributed by atoms with Crippen LogP contribution in [0.5, 0.6) is 0 Å². The van der Waals surface area contributed by atoms with Gasteiger partial charge in [-0.1, -0.05) is 44.0 Å². The van der Waals surface area contributed by atoms with E-state index in [0.29, 0.717) is 11.5 Å². The molecule has 1 aliphatic carbocycles. The van der Waals surface area contributed by atoms with Gasteiger partial charge in [-0.25, -0.2) is 17.6 Å². The first-order valence-electron chi connectivity index (χ1n) is 10.6. The monoisotopic (exact) mass is 444 g/mol. The minimum atomic E-state index is -4.34. The van der Waals surface area contributed by atoms with Crippen LogP contribution in [0.4, 0.5) is 26.3 Å². The van der Waals surface area contributed by atoms with Crippen LogP contribution in [0.3, 0.4) is 0 Å². The van der Waals surface area contributed by atoms with Gasteiger partial charge in [0.05, 0.1) is 6.61 Å². The molecule has 1 atom stereocenters. The van der Waals surface area contributed by atoms with Crippen molar-refractivity contribution in [1.82, 2.24) is 0 Å². The molecule has 7 heteroatoms. The Morgan fingerprint density at radius 3 is 2.10 bits per heavy atom. The van der Waals surface area contributed by atoms with Crippen LogP contribution in [0, 0.1) is 23.4 Å². The summed E-state index contributed by atoms with van der Waals surface area (Å²) in [4.78, 5) is 0. The van der Waals surface area contributed by atoms with E-state index in [2.05, 4.69) is 11.7 Å². The second kappa shape index (κ2) is 10.1. The van der Waals surface area contributed by atoms with Crippen molar-refractivity contribution in [2.24, 2.45) is 5.92 Å². The first kappa shape index (κ1) is 23.6. The second-order valence-corrected chi connectivity index (χ2v) is 8.26. The van der Waals surface area contributed by atoms with E-state index in [1.807, 2.05) is 12.1 Å². The van der Waals surface area contributed by atoms with Crippen LogP contribution in [0.25, 0.3) is 0 Å². The van der Waals surface area contributed by atoms with E-state index in [4.69, 9.17) is 0 Å². The van der Waals surface area contributed by atoms with Crippen molar-refractivity contribution < 1.29 is 31.1 Å². The van der Waals surface area contributed by atoms with E-state index in [1.54, 1.807) is 12.1 Å². The van der Waals surface area contributed by atoms with Crippen LogP contribution in [-0.4, -0.2) is 6.11 Å². The zero-order valence-electron chi connectivity index (χ0n) is 17.3. The normalized spacial score (nSPS) is 20.6. The summed E-state index contributed by atoms with van der Waals surface area (Å²) in [7, 11) is 0. The fourth-order valence-electron chi connectivity index (χ4n) is 4.25. The molecule has 0 aromatic heterocycles. The van der Waals surface area contributed by atoms with Gasteiger partial charge in [0.15, 0.2) is 17.5 Å². The van der Waals surface area contributed by atoms with Crippen molar-refractivity contribution in [2.75, 3.05) is 0 Å². The molecule has 0 aliphatic heterocycles. The maximum atomic E-state index is 14.2. The zero-order chi connectivity index (χ0) is 22.6. The Hall–Kier alpha value is -2.02. The molecule has 0 saturated heterocycles. The van der Waals surface area contributed by atoms with Gasteiger partial charge < -0.3 is 4.74 Å². The molecule has 1 aliphatic rings. The van der Waals surface area contributed by atoms with Crippen molar-refractivity contribution in [3.05, 3.63) is 70.5 Å². The number of halogens is 6. The highest BCUT2D eigenvalue weighted by Crippen LogP contribution is 2.39. The molecule has 0 amide bonds. The van der Waals surface area contributed by atoms with E-state index in [-0.39, 0.29) is 12.1 Å². The van der Waals surface area contributed by atoms with Gasteiger partial charge in [-0.05, 0) is 60.8 Å². The third-order valence-electron chi connectivity index (χ3n) is 6.02. The van der Waals surface area contributed by atoms with Gasteiger partial charge in [-0.15, -0.1) is 0 Å². The summed E-state index contributed by atoms with van der Waals surface area (Å²) in [5.74, 6) is -4.10. The van der Waals surface area contributed by atoms with Crippen LogP contribution < -0.4 is 0 Å². The number of alkyl halides is 3. The highest BCUT2D eigenvalue weighted by atomic mass is 19.3. The summed E-state index contributed by atoms with van der Waals surface area (Å²) in [6.07, 6.45) is -0.443. The van der Waals surface area contributed by atoms with Gasteiger partial charge in [-0.3, -0.25) is 0 Å². The van der Waals surface area contributed by atoms with Crippen molar-refractivity contribution in [3.8, 4) is 0 Å². The van der Waals surface area contributed by atoms with Crippen LogP contribution in [0.15, 0.2) is 36.4 Å². The van der Waals surface area contributed by atoms with E-state index in [0.717, 1.165) is 24.3 Å². The molecule has 1 fully saturated rings. The molecule has 31 heavy (non-hydrogen) atoms. The summed E-state index contributed by atoms with van der Waals surface area (Å²) in [6.45, 7) is 1.61. The Morgan fingerprint density at radius 2 is 1.55 bits per heavy atom. The Morgan fingerprint density at radius 1 is 0.968 bits per heavy atom. The highest BCUT2D eigenvalue weighted by Gasteiger charge is 2.43. The van der Waals surface area contributed by atoms with Gasteiger partial charge in [-0.2, -0.15) is 8.78 Å². The second-order valence-electron chi connectivity index (χ2n) is 8.26. The molecule has 2 aromatic rings. The quantitative estimate of drug-likeness (QED) is 0.296. The number of ether oxygens (including phenoxy) is 1. The molecule has 0 radical (unpaired) electrons. The molecule has 1 nitrogen and oxygen atoms in total. The maximum absolute atomic E-state index is 14.2. The summed E-state index contributed by atoms with van der Waals surface area (Å²) < 4.78 is 86.2. The first-order chi connectivity index (χ1) is 14.7. The van der Waals surface area contributed by atoms with Crippen LogP contribution in [0.2, 0.25) is 0 Å². The van der Waals surface area contributed by atoms with E-state index in [9.17, 15) is 26.3 Å². The summed E-state index contributed by atoms with van der Waals surface area (Å²) in [5, 5.41) is 0. The molecular formula is C24H26F6O. The topological polar surface area (TPSA) is 9.23 Å². The van der Waals surface area contributed by atoms with Gasteiger partial charge in [0, 0.05) is 5.56 Å². The number of hydrogen-bond acceptors (Lipinski definition) is 1. The predicted octanol–water partition coefficient (Wildman–Crippen LogP) is 8.00. The third-order valence-corrected chi connectivity index (χ3v) is 6.02. The van der Waals surface area contributed by atoms with E-state index in [1.165, 1.54) is 25.7 Å². The SMILES string of the molecule is CCCC1CCC(c2ccc(COC(F)(F)C(F)c3cc(F)c(F)c(F)c3)cc2)CC1. The average Bonchev–Trinajstić information content (AvgIpc) is 2.76. The van der Waals surface area contributed by atoms with E-state index < -0.39 is 41.9 Å². The minimum absolute atomic E-state index is 0.199. The van der Waals surface area contributed by atoms with Gasteiger partial charge >= 0.3 is 6.11 Å². The predicted molar refractivity (Wildman–Crippen MR) is 106 cm³/mol. The molecular weight excluding hydrogens is 418 g/mol.